The number of carbonyl (C=O) groups is 2. The second kappa shape index (κ2) is 4.65. The molecular weight excluding hydrogens is 210 g/mol. The van der Waals surface area contributed by atoms with Crippen molar-refractivity contribution >= 4 is 11.9 Å². The number of carbonyl (C=O) groups excluding carboxylic acids is 1. The van der Waals surface area contributed by atoms with E-state index in [1.165, 1.54) is 19.1 Å². The van der Waals surface area contributed by atoms with Crippen LogP contribution in [-0.2, 0) is 4.79 Å². The van der Waals surface area contributed by atoms with Gasteiger partial charge in [-0.1, -0.05) is 0 Å². The Bertz CT molecular complexity index is 440. The largest absolute Gasteiger partial charge is 0.478 e. The molecular formula is C11H13NO4. The summed E-state index contributed by atoms with van der Waals surface area (Å²) in [6.07, 6.45) is 0. The van der Waals surface area contributed by atoms with Gasteiger partial charge < -0.3 is 9.94 Å². The number of carboxylic acids is 1. The zero-order valence-corrected chi connectivity index (χ0v) is 9.33. The van der Waals surface area contributed by atoms with Crippen LogP contribution in [0.15, 0.2) is 12.1 Å². The van der Waals surface area contributed by atoms with Gasteiger partial charge in [0.2, 0.25) is 5.91 Å². The van der Waals surface area contributed by atoms with Crippen molar-refractivity contribution in [1.82, 2.24) is 5.48 Å². The van der Waals surface area contributed by atoms with Crippen LogP contribution in [0.4, 0.5) is 0 Å². The summed E-state index contributed by atoms with van der Waals surface area (Å²) < 4.78 is 0. The molecule has 1 aromatic rings. The first-order valence-electron chi connectivity index (χ1n) is 4.70. The Morgan fingerprint density at radius 2 is 1.88 bits per heavy atom. The molecule has 0 fully saturated rings. The van der Waals surface area contributed by atoms with E-state index in [4.69, 9.17) is 9.94 Å². The molecule has 0 aromatic heterocycles. The van der Waals surface area contributed by atoms with Gasteiger partial charge in [-0.25, -0.2) is 4.79 Å². The highest BCUT2D eigenvalue weighted by molar-refractivity contribution is 5.90. The highest BCUT2D eigenvalue weighted by Crippen LogP contribution is 2.23. The molecule has 1 aromatic carbocycles. The summed E-state index contributed by atoms with van der Waals surface area (Å²) in [5.41, 5.74) is 3.73. The molecule has 5 nitrogen and oxygen atoms in total. The van der Waals surface area contributed by atoms with Crippen molar-refractivity contribution in [2.45, 2.75) is 20.8 Å². The highest BCUT2D eigenvalue weighted by atomic mass is 16.7. The van der Waals surface area contributed by atoms with Crippen LogP contribution in [0, 0.1) is 13.8 Å². The predicted octanol–water partition coefficient (Wildman–Crippen LogP) is 1.43. The molecule has 16 heavy (non-hydrogen) atoms. The fourth-order valence-electron chi connectivity index (χ4n) is 1.26. The van der Waals surface area contributed by atoms with E-state index in [0.29, 0.717) is 16.9 Å². The first-order chi connectivity index (χ1) is 7.43. The smallest absolute Gasteiger partial charge is 0.335 e. The Morgan fingerprint density at radius 3 is 2.38 bits per heavy atom. The summed E-state index contributed by atoms with van der Waals surface area (Å²) in [5.74, 6) is -0.858. The lowest BCUT2D eigenvalue weighted by atomic mass is 10.0. The van der Waals surface area contributed by atoms with Crippen molar-refractivity contribution in [2.75, 3.05) is 0 Å². The molecule has 0 atom stereocenters. The van der Waals surface area contributed by atoms with Crippen LogP contribution >= 0.6 is 0 Å². The topological polar surface area (TPSA) is 75.6 Å². The second-order valence-electron chi connectivity index (χ2n) is 3.43. The lowest BCUT2D eigenvalue weighted by Gasteiger charge is -2.11. The van der Waals surface area contributed by atoms with Crippen molar-refractivity contribution in [1.29, 1.82) is 0 Å². The van der Waals surface area contributed by atoms with Gasteiger partial charge in [-0.2, -0.15) is 5.48 Å². The molecule has 0 bridgehead atoms. The van der Waals surface area contributed by atoms with Crippen molar-refractivity contribution < 1.29 is 19.5 Å². The third-order valence-electron chi connectivity index (χ3n) is 2.27. The number of hydrogen-bond acceptors (Lipinski definition) is 3. The van der Waals surface area contributed by atoms with Gasteiger partial charge in [0.1, 0.15) is 0 Å². The quantitative estimate of drug-likeness (QED) is 0.760. The van der Waals surface area contributed by atoms with E-state index in [2.05, 4.69) is 5.48 Å². The summed E-state index contributed by atoms with van der Waals surface area (Å²) in [7, 11) is 0. The molecule has 1 amide bonds. The van der Waals surface area contributed by atoms with Crippen LogP contribution in [-0.4, -0.2) is 17.0 Å². The number of hydroxylamine groups is 1. The number of benzene rings is 1. The molecule has 0 saturated heterocycles. The summed E-state index contributed by atoms with van der Waals surface area (Å²) >= 11 is 0. The van der Waals surface area contributed by atoms with Crippen molar-refractivity contribution in [3.8, 4) is 5.75 Å². The molecule has 0 unspecified atom stereocenters. The Hall–Kier alpha value is -2.04. The summed E-state index contributed by atoms with van der Waals surface area (Å²) in [5, 5.41) is 8.89. The van der Waals surface area contributed by atoms with Crippen molar-refractivity contribution in [2.24, 2.45) is 0 Å². The minimum atomic E-state index is -0.980. The van der Waals surface area contributed by atoms with Gasteiger partial charge in [-0.3, -0.25) is 4.79 Å². The van der Waals surface area contributed by atoms with E-state index in [0.717, 1.165) is 0 Å². The van der Waals surface area contributed by atoms with Crippen LogP contribution in [0.25, 0.3) is 0 Å². The number of nitrogens with one attached hydrogen (secondary N) is 1. The number of hydrogen-bond donors (Lipinski definition) is 2. The average molecular weight is 223 g/mol. The van der Waals surface area contributed by atoms with E-state index in [-0.39, 0.29) is 11.5 Å². The fraction of sp³-hybridized carbons (Fsp3) is 0.273. The Morgan fingerprint density at radius 1 is 1.25 bits per heavy atom. The van der Waals surface area contributed by atoms with Gasteiger partial charge in [0.05, 0.1) is 5.56 Å². The van der Waals surface area contributed by atoms with E-state index in [1.807, 2.05) is 0 Å². The van der Waals surface area contributed by atoms with E-state index >= 15 is 0 Å². The fourth-order valence-corrected chi connectivity index (χ4v) is 1.26. The number of amides is 1. The Labute approximate surface area is 93.0 Å². The predicted molar refractivity (Wildman–Crippen MR) is 57.3 cm³/mol. The molecule has 86 valence electrons. The van der Waals surface area contributed by atoms with Gasteiger partial charge in [-0.05, 0) is 37.1 Å². The standard InChI is InChI=1S/C11H13NO4/c1-6-7(2)10(16-12-8(3)13)5-4-9(6)11(14)15/h4-5H,1-3H3,(H,12,13)(H,14,15). The van der Waals surface area contributed by atoms with Crippen LogP contribution in [0.2, 0.25) is 0 Å². The van der Waals surface area contributed by atoms with Crippen molar-refractivity contribution in [3.63, 3.8) is 0 Å². The van der Waals surface area contributed by atoms with Crippen LogP contribution < -0.4 is 10.3 Å². The summed E-state index contributed by atoms with van der Waals surface area (Å²) in [6, 6.07) is 2.96. The van der Waals surface area contributed by atoms with Crippen LogP contribution in [0.3, 0.4) is 0 Å². The average Bonchev–Trinajstić information content (AvgIpc) is 2.19. The Kier molecular flexibility index (Phi) is 3.50. The van der Waals surface area contributed by atoms with Gasteiger partial charge >= 0.3 is 5.97 Å². The maximum absolute atomic E-state index is 10.8. The molecule has 0 aliphatic rings. The minimum Gasteiger partial charge on any atom is -0.478 e. The van der Waals surface area contributed by atoms with E-state index in [1.54, 1.807) is 13.8 Å². The summed E-state index contributed by atoms with van der Waals surface area (Å²) in [6.45, 7) is 4.76. The van der Waals surface area contributed by atoms with Gasteiger partial charge in [-0.15, -0.1) is 0 Å². The zero-order valence-electron chi connectivity index (χ0n) is 9.33. The molecule has 0 radical (unpaired) electrons. The molecule has 0 aliphatic heterocycles. The highest BCUT2D eigenvalue weighted by Gasteiger charge is 2.12. The first kappa shape index (κ1) is 12.0. The number of aromatic carboxylic acids is 1. The lowest BCUT2D eigenvalue weighted by molar-refractivity contribution is -0.125. The third-order valence-corrected chi connectivity index (χ3v) is 2.27. The van der Waals surface area contributed by atoms with E-state index in [9.17, 15) is 9.59 Å². The zero-order chi connectivity index (χ0) is 12.3. The molecule has 0 aliphatic carbocycles. The summed E-state index contributed by atoms with van der Waals surface area (Å²) in [4.78, 5) is 26.5. The maximum Gasteiger partial charge on any atom is 0.335 e. The van der Waals surface area contributed by atoms with Crippen LogP contribution in [0.1, 0.15) is 28.4 Å². The number of rotatable bonds is 3. The molecule has 5 heteroatoms. The molecule has 0 spiro atoms. The van der Waals surface area contributed by atoms with E-state index < -0.39 is 5.97 Å². The van der Waals surface area contributed by atoms with Gasteiger partial charge in [0.25, 0.3) is 0 Å². The molecule has 1 rings (SSSR count). The molecule has 0 heterocycles. The second-order valence-corrected chi connectivity index (χ2v) is 3.43. The normalized spacial score (nSPS) is 9.69. The SMILES string of the molecule is CC(=O)NOc1ccc(C(=O)O)c(C)c1C. The Balaban J connectivity index is 3.02. The third kappa shape index (κ3) is 2.50. The monoisotopic (exact) mass is 223 g/mol. The van der Waals surface area contributed by atoms with Crippen molar-refractivity contribution in [3.05, 3.63) is 28.8 Å². The number of carboxylic acid groups (broad SMARTS) is 1. The molecule has 0 saturated carbocycles. The minimum absolute atomic E-state index is 0.229. The lowest BCUT2D eigenvalue weighted by Crippen LogP contribution is -2.24. The van der Waals surface area contributed by atoms with Gasteiger partial charge in [0.15, 0.2) is 5.75 Å². The molecule has 2 N–H and O–H groups in total. The first-order valence-corrected chi connectivity index (χ1v) is 4.70. The van der Waals surface area contributed by atoms with Crippen LogP contribution in [0.5, 0.6) is 5.75 Å². The van der Waals surface area contributed by atoms with Gasteiger partial charge in [0, 0.05) is 6.92 Å². The maximum atomic E-state index is 10.8.